The van der Waals surface area contributed by atoms with Gasteiger partial charge in [-0.2, -0.15) is 11.8 Å². The van der Waals surface area contributed by atoms with Gasteiger partial charge in [-0.1, -0.05) is 6.07 Å². The Balaban J connectivity index is 1.65. The van der Waals surface area contributed by atoms with Gasteiger partial charge in [0.05, 0.1) is 6.10 Å². The fourth-order valence-electron chi connectivity index (χ4n) is 1.93. The highest BCUT2D eigenvalue weighted by atomic mass is 32.2. The van der Waals surface area contributed by atoms with Gasteiger partial charge in [-0.15, -0.1) is 0 Å². The minimum atomic E-state index is -0.450. The van der Waals surface area contributed by atoms with E-state index in [2.05, 4.69) is 0 Å². The Kier molecular flexibility index (Phi) is 5.82. The van der Waals surface area contributed by atoms with Crippen molar-refractivity contribution in [3.63, 3.8) is 0 Å². The van der Waals surface area contributed by atoms with E-state index in [4.69, 9.17) is 15.2 Å². The molecule has 106 valence electrons. The molecule has 5 heteroatoms. The lowest BCUT2D eigenvalue weighted by molar-refractivity contribution is 0.0993. The van der Waals surface area contributed by atoms with Crippen LogP contribution in [0.15, 0.2) is 24.3 Å². The standard InChI is InChI=1S/C14H21NO3S/c15-11-2-1-3-13(8-11)18-9-12(16)10-19-14-4-6-17-7-5-14/h1-3,8,12,14,16H,4-7,9-10,15H2. The third kappa shape index (κ3) is 5.30. The van der Waals surface area contributed by atoms with E-state index in [0.29, 0.717) is 29.0 Å². The number of ether oxygens (including phenoxy) is 2. The van der Waals surface area contributed by atoms with E-state index >= 15 is 0 Å². The van der Waals surface area contributed by atoms with Crippen molar-refractivity contribution >= 4 is 17.4 Å². The zero-order chi connectivity index (χ0) is 13.5. The van der Waals surface area contributed by atoms with Gasteiger partial charge in [0.2, 0.25) is 0 Å². The average Bonchev–Trinajstić information content (AvgIpc) is 2.44. The molecular formula is C14H21NO3S. The first-order chi connectivity index (χ1) is 9.24. The van der Waals surface area contributed by atoms with Gasteiger partial charge >= 0.3 is 0 Å². The molecule has 0 radical (unpaired) electrons. The quantitative estimate of drug-likeness (QED) is 0.781. The van der Waals surface area contributed by atoms with Crippen LogP contribution in [0.25, 0.3) is 0 Å². The van der Waals surface area contributed by atoms with Gasteiger partial charge < -0.3 is 20.3 Å². The van der Waals surface area contributed by atoms with E-state index in [1.54, 1.807) is 6.07 Å². The lowest BCUT2D eigenvalue weighted by Gasteiger charge is -2.22. The highest BCUT2D eigenvalue weighted by molar-refractivity contribution is 7.99. The third-order valence-corrected chi connectivity index (χ3v) is 4.51. The highest BCUT2D eigenvalue weighted by Crippen LogP contribution is 2.23. The molecule has 1 fully saturated rings. The molecule has 1 heterocycles. The van der Waals surface area contributed by atoms with E-state index in [1.165, 1.54) is 0 Å². The van der Waals surface area contributed by atoms with Crippen molar-refractivity contribution in [3.8, 4) is 5.75 Å². The number of nitrogen functional groups attached to an aromatic ring is 1. The third-order valence-electron chi connectivity index (χ3n) is 2.99. The van der Waals surface area contributed by atoms with Crippen molar-refractivity contribution in [2.75, 3.05) is 31.3 Å². The normalized spacial score (nSPS) is 18.2. The predicted molar refractivity (Wildman–Crippen MR) is 78.7 cm³/mol. The molecule has 0 aromatic heterocycles. The first kappa shape index (κ1) is 14.5. The van der Waals surface area contributed by atoms with Crippen molar-refractivity contribution in [2.24, 2.45) is 0 Å². The number of anilines is 1. The molecule has 0 spiro atoms. The smallest absolute Gasteiger partial charge is 0.121 e. The summed E-state index contributed by atoms with van der Waals surface area (Å²) < 4.78 is 10.8. The second-order valence-electron chi connectivity index (χ2n) is 4.68. The van der Waals surface area contributed by atoms with E-state index in [-0.39, 0.29) is 0 Å². The molecule has 1 atom stereocenters. The fraction of sp³-hybridized carbons (Fsp3) is 0.571. The van der Waals surface area contributed by atoms with Crippen LogP contribution in [0.4, 0.5) is 5.69 Å². The molecule has 0 aliphatic carbocycles. The maximum Gasteiger partial charge on any atom is 0.121 e. The molecule has 1 unspecified atom stereocenters. The first-order valence-corrected chi connectivity index (χ1v) is 7.64. The van der Waals surface area contributed by atoms with Crippen LogP contribution in [0.5, 0.6) is 5.75 Å². The molecule has 2 rings (SSSR count). The minimum Gasteiger partial charge on any atom is -0.491 e. The van der Waals surface area contributed by atoms with Gasteiger partial charge in [-0.3, -0.25) is 0 Å². The molecule has 19 heavy (non-hydrogen) atoms. The van der Waals surface area contributed by atoms with E-state index in [0.717, 1.165) is 26.1 Å². The molecule has 4 nitrogen and oxygen atoms in total. The fourth-order valence-corrected chi connectivity index (χ4v) is 3.05. The van der Waals surface area contributed by atoms with Crippen LogP contribution >= 0.6 is 11.8 Å². The molecule has 1 aromatic carbocycles. The number of rotatable bonds is 6. The van der Waals surface area contributed by atoms with Crippen LogP contribution in [-0.2, 0) is 4.74 Å². The first-order valence-electron chi connectivity index (χ1n) is 6.60. The summed E-state index contributed by atoms with van der Waals surface area (Å²) in [5.74, 6) is 1.41. The van der Waals surface area contributed by atoms with E-state index in [9.17, 15) is 5.11 Å². The van der Waals surface area contributed by atoms with E-state index < -0.39 is 6.10 Å². The number of aliphatic hydroxyl groups is 1. The number of nitrogens with two attached hydrogens (primary N) is 1. The Bertz CT molecular complexity index is 383. The monoisotopic (exact) mass is 283 g/mol. The molecule has 0 amide bonds. The van der Waals surface area contributed by atoms with Crippen LogP contribution < -0.4 is 10.5 Å². The van der Waals surface area contributed by atoms with Gasteiger partial charge in [0.1, 0.15) is 12.4 Å². The molecule has 1 aliphatic heterocycles. The van der Waals surface area contributed by atoms with Crippen molar-refractivity contribution in [1.82, 2.24) is 0 Å². The molecule has 3 N–H and O–H groups in total. The summed E-state index contributed by atoms with van der Waals surface area (Å²) in [6, 6.07) is 7.26. The van der Waals surface area contributed by atoms with Gasteiger partial charge in [0.15, 0.2) is 0 Å². The maximum atomic E-state index is 9.90. The minimum absolute atomic E-state index is 0.305. The topological polar surface area (TPSA) is 64.7 Å². The van der Waals surface area contributed by atoms with Crippen LogP contribution in [0.2, 0.25) is 0 Å². The van der Waals surface area contributed by atoms with Crippen LogP contribution in [0, 0.1) is 0 Å². The summed E-state index contributed by atoms with van der Waals surface area (Å²) in [5, 5.41) is 10.5. The number of benzene rings is 1. The number of thioether (sulfide) groups is 1. The molecule has 1 aromatic rings. The molecular weight excluding hydrogens is 262 g/mol. The van der Waals surface area contributed by atoms with Crippen LogP contribution in [0.3, 0.4) is 0 Å². The SMILES string of the molecule is Nc1cccc(OCC(O)CSC2CCOCC2)c1. The maximum absolute atomic E-state index is 9.90. The summed E-state index contributed by atoms with van der Waals surface area (Å²) in [7, 11) is 0. The van der Waals surface area contributed by atoms with Crippen molar-refractivity contribution in [1.29, 1.82) is 0 Å². The zero-order valence-corrected chi connectivity index (χ0v) is 11.8. The van der Waals surface area contributed by atoms with E-state index in [1.807, 2.05) is 30.0 Å². The van der Waals surface area contributed by atoms with Gasteiger partial charge in [-0.05, 0) is 25.0 Å². The lowest BCUT2D eigenvalue weighted by Crippen LogP contribution is -2.24. The second kappa shape index (κ2) is 7.62. The Labute approximate surface area is 118 Å². The molecule has 0 bridgehead atoms. The number of hydrogen-bond acceptors (Lipinski definition) is 5. The zero-order valence-electron chi connectivity index (χ0n) is 11.0. The number of hydrogen-bond donors (Lipinski definition) is 2. The Morgan fingerprint density at radius 2 is 2.21 bits per heavy atom. The lowest BCUT2D eigenvalue weighted by atomic mass is 10.2. The summed E-state index contributed by atoms with van der Waals surface area (Å²) in [4.78, 5) is 0. The Morgan fingerprint density at radius 1 is 1.42 bits per heavy atom. The van der Waals surface area contributed by atoms with Crippen LogP contribution in [0.1, 0.15) is 12.8 Å². The summed E-state index contributed by atoms with van der Waals surface area (Å²) in [6.45, 7) is 1.99. The predicted octanol–water partition coefficient (Wildman–Crippen LogP) is 1.92. The largest absolute Gasteiger partial charge is 0.491 e. The molecule has 0 saturated carbocycles. The Hall–Kier alpha value is -0.910. The molecule has 1 saturated heterocycles. The Morgan fingerprint density at radius 3 is 2.95 bits per heavy atom. The van der Waals surface area contributed by atoms with Crippen molar-refractivity contribution in [3.05, 3.63) is 24.3 Å². The van der Waals surface area contributed by atoms with Gasteiger partial charge in [-0.25, -0.2) is 0 Å². The summed E-state index contributed by atoms with van der Waals surface area (Å²) in [5.41, 5.74) is 6.33. The van der Waals surface area contributed by atoms with Crippen molar-refractivity contribution < 1.29 is 14.6 Å². The summed E-state index contributed by atoms with van der Waals surface area (Å²) in [6.07, 6.45) is 1.70. The average molecular weight is 283 g/mol. The van der Waals surface area contributed by atoms with Gasteiger partial charge in [0, 0.05) is 36.0 Å². The van der Waals surface area contributed by atoms with Crippen LogP contribution in [-0.4, -0.2) is 42.0 Å². The summed E-state index contributed by atoms with van der Waals surface area (Å²) >= 11 is 1.81. The molecule has 1 aliphatic rings. The van der Waals surface area contributed by atoms with Gasteiger partial charge in [0.25, 0.3) is 0 Å². The second-order valence-corrected chi connectivity index (χ2v) is 6.02. The highest BCUT2D eigenvalue weighted by Gasteiger charge is 2.16. The van der Waals surface area contributed by atoms with Crippen molar-refractivity contribution in [2.45, 2.75) is 24.2 Å². The number of aliphatic hydroxyl groups excluding tert-OH is 1.